The Morgan fingerprint density at radius 2 is 1.94 bits per heavy atom. The van der Waals surface area contributed by atoms with E-state index < -0.39 is 41.7 Å². The van der Waals surface area contributed by atoms with Crippen molar-refractivity contribution < 1.29 is 28.2 Å². The summed E-state index contributed by atoms with van der Waals surface area (Å²) in [6.07, 6.45) is 1.50. The van der Waals surface area contributed by atoms with Gasteiger partial charge in [-0.2, -0.15) is 0 Å². The molecule has 1 saturated heterocycles. The van der Waals surface area contributed by atoms with Crippen LogP contribution in [0.1, 0.15) is 74.8 Å². The van der Waals surface area contributed by atoms with Gasteiger partial charge in [0, 0.05) is 23.7 Å². The molecule has 3 rings (SSSR count). The molecule has 1 aliphatic rings. The van der Waals surface area contributed by atoms with E-state index in [0.29, 0.717) is 10.8 Å². The molecular weight excluding hydrogens is 474 g/mol. The lowest BCUT2D eigenvalue weighted by atomic mass is 9.73. The molecule has 0 spiro atoms. The smallest absolute Gasteiger partial charge is 0.330 e. The molecular formula is C26H34F2N2O4S. The molecule has 1 fully saturated rings. The minimum absolute atomic E-state index is 0.0160. The van der Waals surface area contributed by atoms with Crippen molar-refractivity contribution in [3.8, 4) is 5.75 Å². The maximum atomic E-state index is 15.0. The lowest BCUT2D eigenvalue weighted by Gasteiger charge is -2.40. The number of methoxy groups -OCH3 is 1. The van der Waals surface area contributed by atoms with Crippen molar-refractivity contribution in [1.82, 2.24) is 9.88 Å². The maximum Gasteiger partial charge on any atom is 0.330 e. The van der Waals surface area contributed by atoms with Gasteiger partial charge in [-0.15, -0.1) is 11.3 Å². The fourth-order valence-electron chi connectivity index (χ4n) is 5.24. The van der Waals surface area contributed by atoms with Crippen LogP contribution in [-0.4, -0.2) is 52.0 Å². The number of amides is 1. The number of halogens is 2. The number of likely N-dealkylation sites (tertiary alicyclic amines) is 1. The molecule has 0 radical (unpaired) electrons. The van der Waals surface area contributed by atoms with Gasteiger partial charge in [-0.05, 0) is 42.4 Å². The van der Waals surface area contributed by atoms with Gasteiger partial charge in [0.1, 0.15) is 5.75 Å². The second kappa shape index (κ2) is 9.48. The molecule has 1 unspecified atom stereocenters. The lowest BCUT2D eigenvalue weighted by Crippen LogP contribution is -2.56. The molecule has 0 saturated carbocycles. The summed E-state index contributed by atoms with van der Waals surface area (Å²) in [5.41, 5.74) is -1.05. The molecule has 1 aliphatic heterocycles. The quantitative estimate of drug-likeness (QED) is 0.509. The first-order valence-corrected chi connectivity index (χ1v) is 12.5. The Hall–Kier alpha value is -2.55. The first-order chi connectivity index (χ1) is 16.1. The topological polar surface area (TPSA) is 79.7 Å². The highest BCUT2D eigenvalue weighted by Gasteiger charge is 2.66. The Kier molecular flexibility index (Phi) is 7.33. The molecule has 35 heavy (non-hydrogen) atoms. The van der Waals surface area contributed by atoms with Crippen molar-refractivity contribution in [1.29, 1.82) is 0 Å². The van der Waals surface area contributed by atoms with E-state index >= 15 is 0 Å². The van der Waals surface area contributed by atoms with Gasteiger partial charge < -0.3 is 14.7 Å². The predicted octanol–water partition coefficient (Wildman–Crippen LogP) is 5.83. The molecule has 1 N–H and O–H groups in total. The van der Waals surface area contributed by atoms with Gasteiger partial charge in [-0.3, -0.25) is 4.79 Å². The van der Waals surface area contributed by atoms with Crippen molar-refractivity contribution in [2.24, 2.45) is 11.8 Å². The minimum Gasteiger partial charge on any atom is -0.496 e. The third-order valence-corrected chi connectivity index (χ3v) is 7.60. The molecule has 2 aromatic rings. The summed E-state index contributed by atoms with van der Waals surface area (Å²) in [6, 6.07) is 4.96. The number of alkyl halides is 2. The third kappa shape index (κ3) is 4.92. The van der Waals surface area contributed by atoms with Gasteiger partial charge in [0.2, 0.25) is 0 Å². The number of carboxylic acids is 1. The summed E-state index contributed by atoms with van der Waals surface area (Å²) in [5, 5.41) is 12.5. The average Bonchev–Trinajstić information content (AvgIpc) is 3.37. The molecule has 1 aromatic heterocycles. The number of rotatable bonds is 7. The highest BCUT2D eigenvalue weighted by atomic mass is 32.1. The van der Waals surface area contributed by atoms with Crippen LogP contribution < -0.4 is 4.74 Å². The van der Waals surface area contributed by atoms with E-state index in [4.69, 9.17) is 4.74 Å². The molecule has 1 aromatic carbocycles. The zero-order chi connectivity index (χ0) is 26.3. The second-order valence-electron chi connectivity index (χ2n) is 10.8. The number of nitrogens with zero attached hydrogens (tertiary/aromatic N) is 2. The van der Waals surface area contributed by atoms with Crippen LogP contribution in [0.4, 0.5) is 8.78 Å². The Balaban J connectivity index is 2.22. The number of benzene rings is 1. The number of carbonyl (C=O) groups is 2. The predicted molar refractivity (Wildman–Crippen MR) is 132 cm³/mol. The first kappa shape index (κ1) is 27.0. The zero-order valence-corrected chi connectivity index (χ0v) is 22.1. The van der Waals surface area contributed by atoms with Crippen LogP contribution in [0, 0.1) is 11.8 Å². The van der Waals surface area contributed by atoms with Crippen molar-refractivity contribution in [2.45, 2.75) is 70.8 Å². The molecule has 1 amide bonds. The van der Waals surface area contributed by atoms with E-state index in [1.807, 2.05) is 34.6 Å². The summed E-state index contributed by atoms with van der Waals surface area (Å²) < 4.78 is 35.5. The highest BCUT2D eigenvalue weighted by molar-refractivity contribution is 7.09. The van der Waals surface area contributed by atoms with Gasteiger partial charge in [-0.1, -0.05) is 40.7 Å². The van der Waals surface area contributed by atoms with E-state index in [9.17, 15) is 23.5 Å². The Morgan fingerprint density at radius 1 is 1.29 bits per heavy atom. The van der Waals surface area contributed by atoms with Crippen LogP contribution >= 0.6 is 11.3 Å². The fourth-order valence-corrected chi connectivity index (χ4v) is 6.13. The first-order valence-electron chi connectivity index (χ1n) is 11.7. The molecule has 192 valence electrons. The van der Waals surface area contributed by atoms with E-state index in [0.717, 1.165) is 28.7 Å². The molecule has 0 aliphatic carbocycles. The summed E-state index contributed by atoms with van der Waals surface area (Å²) in [6.45, 7) is 10.1. The number of aromatic nitrogens is 1. The minimum atomic E-state index is -3.23. The van der Waals surface area contributed by atoms with Crippen molar-refractivity contribution in [3.63, 3.8) is 0 Å². The number of hydrogen-bond acceptors (Lipinski definition) is 5. The van der Waals surface area contributed by atoms with Gasteiger partial charge in [0.25, 0.3) is 11.8 Å². The maximum absolute atomic E-state index is 15.0. The van der Waals surface area contributed by atoms with E-state index in [1.54, 1.807) is 23.6 Å². The second-order valence-corrected chi connectivity index (χ2v) is 11.7. The zero-order valence-electron chi connectivity index (χ0n) is 21.3. The number of thiazole rings is 1. The molecule has 2 heterocycles. The Labute approximate surface area is 209 Å². The van der Waals surface area contributed by atoms with Gasteiger partial charge in [0.05, 0.1) is 24.0 Å². The molecule has 9 heteroatoms. The number of ether oxygens (including phenoxy) is 1. The fraction of sp³-hybridized carbons (Fsp3) is 0.577. The van der Waals surface area contributed by atoms with E-state index in [1.165, 1.54) is 13.3 Å². The van der Waals surface area contributed by atoms with Crippen LogP contribution in [0.3, 0.4) is 0 Å². The summed E-state index contributed by atoms with van der Waals surface area (Å²) in [4.78, 5) is 32.3. The van der Waals surface area contributed by atoms with E-state index in [2.05, 4.69) is 4.98 Å². The Morgan fingerprint density at radius 3 is 2.40 bits per heavy atom. The number of carboxylic acid groups (broad SMARTS) is 1. The summed E-state index contributed by atoms with van der Waals surface area (Å²) in [5.74, 6) is -7.38. The molecule has 0 bridgehead atoms. The van der Waals surface area contributed by atoms with Crippen LogP contribution in [0.5, 0.6) is 5.75 Å². The molecule has 6 nitrogen and oxygen atoms in total. The standard InChI is InChI=1S/C26H34F2N2O4S/c1-15(2)13-26(23(32)33)20(21-29-10-11-35-21)18(25(6,27)28)14-30(26)22(31)16-8-9-17(24(3,4)5)19(12-16)34-7/h8-12,15,18,20H,13-14H2,1-7H3,(H,32,33)/t18-,20?,26-/m0/s1. The van der Waals surface area contributed by atoms with Gasteiger partial charge in [-0.25, -0.2) is 18.6 Å². The van der Waals surface area contributed by atoms with Gasteiger partial charge in [0.15, 0.2) is 5.54 Å². The average molecular weight is 509 g/mol. The Bertz CT molecular complexity index is 1080. The van der Waals surface area contributed by atoms with Crippen LogP contribution in [-0.2, 0) is 10.2 Å². The number of aliphatic carboxylic acids is 1. The van der Waals surface area contributed by atoms with Crippen molar-refractivity contribution >= 4 is 23.2 Å². The molecule has 3 atom stereocenters. The third-order valence-electron chi connectivity index (χ3n) is 6.74. The number of carbonyl (C=O) groups excluding carboxylic acids is 1. The van der Waals surface area contributed by atoms with E-state index in [-0.39, 0.29) is 23.3 Å². The van der Waals surface area contributed by atoms with Gasteiger partial charge >= 0.3 is 5.97 Å². The van der Waals surface area contributed by atoms with Crippen LogP contribution in [0.15, 0.2) is 29.8 Å². The highest BCUT2D eigenvalue weighted by Crippen LogP contribution is 2.54. The SMILES string of the molecule is COc1cc(C(=O)N2C[C@H](C(C)(F)F)C(c3nccs3)[C@@]2(CC(C)C)C(=O)O)ccc1C(C)(C)C. The normalized spacial score (nSPS) is 23.1. The van der Waals surface area contributed by atoms with Crippen molar-refractivity contribution in [2.75, 3.05) is 13.7 Å². The summed E-state index contributed by atoms with van der Waals surface area (Å²) in [7, 11) is 1.50. The largest absolute Gasteiger partial charge is 0.496 e. The number of hydrogen-bond donors (Lipinski definition) is 1. The lowest BCUT2D eigenvalue weighted by molar-refractivity contribution is -0.150. The van der Waals surface area contributed by atoms with Crippen LogP contribution in [0.25, 0.3) is 0 Å². The monoisotopic (exact) mass is 508 g/mol. The van der Waals surface area contributed by atoms with Crippen LogP contribution in [0.2, 0.25) is 0 Å². The summed E-state index contributed by atoms with van der Waals surface area (Å²) >= 11 is 1.14. The van der Waals surface area contributed by atoms with Crippen molar-refractivity contribution in [3.05, 3.63) is 45.9 Å².